The summed E-state index contributed by atoms with van der Waals surface area (Å²) in [5.41, 5.74) is -0.343. The fraction of sp³-hybridized carbons (Fsp3) is 0.900. The highest BCUT2D eigenvalue weighted by atomic mass is 16.7. The lowest BCUT2D eigenvalue weighted by atomic mass is 9.43. The van der Waals surface area contributed by atoms with Gasteiger partial charge in [0.25, 0.3) is 0 Å². The molecule has 0 bridgehead atoms. The summed E-state index contributed by atoms with van der Waals surface area (Å²) in [6.45, 7) is 4.41. The molecule has 2 aliphatic heterocycles. The first-order chi connectivity index (χ1) is 18.6. The Morgan fingerprint density at radius 3 is 2.56 bits per heavy atom. The fourth-order valence-corrected chi connectivity index (χ4v) is 10.2. The fourth-order valence-electron chi connectivity index (χ4n) is 10.2. The molecule has 9 nitrogen and oxygen atoms in total. The maximum Gasteiger partial charge on any atom is 0.331 e. The predicted molar refractivity (Wildman–Crippen MR) is 141 cm³/mol. The molecule has 9 heteroatoms. The minimum absolute atomic E-state index is 0. The Kier molecular flexibility index (Phi) is 7.22. The van der Waals surface area contributed by atoms with Gasteiger partial charge in [-0.3, -0.25) is 0 Å². The van der Waals surface area contributed by atoms with Gasteiger partial charge in [0.1, 0.15) is 24.9 Å². The molecule has 13 atom stereocenters. The molecule has 4 aliphatic carbocycles. The number of methoxy groups -OCH3 is 1. The van der Waals surface area contributed by atoms with Crippen LogP contribution in [-0.4, -0.2) is 89.1 Å². The van der Waals surface area contributed by atoms with Crippen LogP contribution in [-0.2, 0) is 23.7 Å². The number of carbonyl (C=O) groups excluding carboxylic acids is 1. The molecule has 0 aromatic carbocycles. The van der Waals surface area contributed by atoms with Crippen molar-refractivity contribution in [3.8, 4) is 0 Å². The van der Waals surface area contributed by atoms with Crippen molar-refractivity contribution in [1.82, 2.24) is 0 Å². The molecule has 1 saturated heterocycles. The van der Waals surface area contributed by atoms with Gasteiger partial charge in [0, 0.05) is 26.6 Å². The van der Waals surface area contributed by atoms with Crippen molar-refractivity contribution in [1.29, 1.82) is 0 Å². The molecule has 4 saturated carbocycles. The first kappa shape index (κ1) is 28.1. The first-order valence-electron chi connectivity index (χ1n) is 15.0. The lowest BCUT2D eigenvalue weighted by Crippen LogP contribution is -2.64. The van der Waals surface area contributed by atoms with E-state index < -0.39 is 36.3 Å². The number of carbonyl (C=O) groups is 1. The summed E-state index contributed by atoms with van der Waals surface area (Å²) in [6, 6.07) is 0. The molecule has 6 rings (SSSR count). The highest BCUT2D eigenvalue weighted by molar-refractivity contribution is 5.85. The molecular weight excluding hydrogens is 504 g/mol. The highest BCUT2D eigenvalue weighted by Crippen LogP contribution is 2.70. The van der Waals surface area contributed by atoms with Gasteiger partial charge in [-0.25, -0.2) is 4.79 Å². The average Bonchev–Trinajstić information content (AvgIpc) is 3.47. The first-order valence-corrected chi connectivity index (χ1v) is 15.0. The van der Waals surface area contributed by atoms with Crippen molar-refractivity contribution in [2.75, 3.05) is 20.3 Å². The molecule has 0 amide bonds. The smallest absolute Gasteiger partial charge is 0.331 e. The van der Waals surface area contributed by atoms with Gasteiger partial charge in [-0.15, -0.1) is 0 Å². The van der Waals surface area contributed by atoms with Crippen LogP contribution in [0.15, 0.2) is 11.6 Å². The summed E-state index contributed by atoms with van der Waals surface area (Å²) >= 11 is 0. The zero-order valence-electron chi connectivity index (χ0n) is 23.5. The lowest BCUT2D eigenvalue weighted by molar-refractivity contribution is -0.314. The maximum atomic E-state index is 12.4. The molecule has 0 radical (unpaired) electrons. The maximum absolute atomic E-state index is 12.4. The van der Waals surface area contributed by atoms with E-state index in [1.54, 1.807) is 13.0 Å². The lowest BCUT2D eigenvalue weighted by Gasteiger charge is -2.64. The van der Waals surface area contributed by atoms with Crippen LogP contribution in [0.4, 0.5) is 0 Å². The van der Waals surface area contributed by atoms with E-state index in [0.29, 0.717) is 6.61 Å². The second-order valence-corrected chi connectivity index (χ2v) is 13.6. The molecule has 6 aliphatic rings. The van der Waals surface area contributed by atoms with Gasteiger partial charge in [-0.2, -0.15) is 0 Å². The normalized spacial score (nSPS) is 53.4. The molecule has 0 aromatic rings. The van der Waals surface area contributed by atoms with Crippen LogP contribution < -0.4 is 0 Å². The minimum Gasteiger partial charge on any atom is -0.458 e. The van der Waals surface area contributed by atoms with Gasteiger partial charge < -0.3 is 39.4 Å². The van der Waals surface area contributed by atoms with E-state index >= 15 is 0 Å². The van der Waals surface area contributed by atoms with E-state index in [1.807, 2.05) is 0 Å². The molecule has 39 heavy (non-hydrogen) atoms. The van der Waals surface area contributed by atoms with Crippen LogP contribution in [0.25, 0.3) is 0 Å². The number of hydrogen-bond acceptors (Lipinski definition) is 9. The van der Waals surface area contributed by atoms with Crippen LogP contribution in [0.1, 0.15) is 73.1 Å². The van der Waals surface area contributed by atoms with Crippen LogP contribution in [0.5, 0.6) is 0 Å². The molecule has 0 spiro atoms. The Morgan fingerprint density at radius 2 is 1.87 bits per heavy atom. The van der Waals surface area contributed by atoms with E-state index in [4.69, 9.17) is 18.9 Å². The second-order valence-electron chi connectivity index (χ2n) is 13.6. The summed E-state index contributed by atoms with van der Waals surface area (Å²) in [5.74, 6) is 0.498. The number of ether oxygens (including phenoxy) is 4. The Morgan fingerprint density at radius 1 is 1.08 bits per heavy atom. The van der Waals surface area contributed by atoms with Crippen molar-refractivity contribution in [2.24, 2.45) is 34.5 Å². The number of cyclic esters (lactones) is 1. The van der Waals surface area contributed by atoms with Gasteiger partial charge in [0.05, 0.1) is 17.8 Å². The van der Waals surface area contributed by atoms with Gasteiger partial charge in [0.15, 0.2) is 6.29 Å². The average molecular weight is 553 g/mol. The zero-order valence-corrected chi connectivity index (χ0v) is 23.5. The van der Waals surface area contributed by atoms with Crippen molar-refractivity contribution >= 4 is 5.97 Å². The molecule has 222 valence electrons. The summed E-state index contributed by atoms with van der Waals surface area (Å²) in [5, 5.41) is 44.4. The van der Waals surface area contributed by atoms with E-state index in [2.05, 4.69) is 6.92 Å². The van der Waals surface area contributed by atoms with Crippen molar-refractivity contribution in [3.05, 3.63) is 11.6 Å². The topological polar surface area (TPSA) is 135 Å². The summed E-state index contributed by atoms with van der Waals surface area (Å²) in [7, 11) is 1.47. The number of rotatable bonds is 5. The number of esters is 1. The molecule has 0 unspecified atom stereocenters. The molecule has 0 aromatic heterocycles. The number of hydrogen-bond donors (Lipinski definition) is 4. The predicted octanol–water partition coefficient (Wildman–Crippen LogP) is 2.33. The van der Waals surface area contributed by atoms with Crippen molar-refractivity contribution < 1.29 is 45.6 Å². The molecule has 5 fully saturated rings. The van der Waals surface area contributed by atoms with Crippen molar-refractivity contribution in [2.45, 2.75) is 114 Å². The quantitative estimate of drug-likeness (QED) is 0.299. The van der Waals surface area contributed by atoms with Crippen LogP contribution in [0, 0.1) is 34.5 Å². The van der Waals surface area contributed by atoms with Crippen LogP contribution in [0.2, 0.25) is 0 Å². The van der Waals surface area contributed by atoms with Crippen LogP contribution in [0.3, 0.4) is 0 Å². The van der Waals surface area contributed by atoms with E-state index in [-0.39, 0.29) is 54.6 Å². The Hall–Kier alpha value is -1.07. The number of fused-ring (bicyclic) bond motifs is 5. The summed E-state index contributed by atoms with van der Waals surface area (Å²) < 4.78 is 22.7. The third kappa shape index (κ3) is 4.09. The standard InChI is InChI=1S/C30H46O9.H2/c1-16-24(33)26(36-3)25(34)27(38-16)39-19-6-10-29(15-31)18(13-19)4-5-22-21(29)7-9-28(2)20(8-11-30(22,28)35)17-12-23(32)37-14-17;/h12,16,18-22,24-27,31,33-35H,4-11,13-15H2,1-3H3;1H/t16-,18+,19-,20+,21-,22+,24-,25-,26+,27-,28+,29+,30-;/m0./s1. The summed E-state index contributed by atoms with van der Waals surface area (Å²) in [6.07, 6.45) is 4.91. The third-order valence-corrected chi connectivity index (χ3v) is 12.3. The Balaban J connectivity index is 0.00000323. The monoisotopic (exact) mass is 552 g/mol. The highest BCUT2D eigenvalue weighted by Gasteiger charge is 2.68. The van der Waals surface area contributed by atoms with Gasteiger partial charge >= 0.3 is 5.97 Å². The number of aliphatic hydroxyl groups excluding tert-OH is 3. The largest absolute Gasteiger partial charge is 0.458 e. The van der Waals surface area contributed by atoms with Crippen molar-refractivity contribution in [3.63, 3.8) is 0 Å². The third-order valence-electron chi connectivity index (χ3n) is 12.3. The molecule has 4 N–H and O–H groups in total. The number of aliphatic hydroxyl groups is 4. The van der Waals surface area contributed by atoms with Gasteiger partial charge in [0.2, 0.25) is 0 Å². The van der Waals surface area contributed by atoms with E-state index in [9.17, 15) is 25.2 Å². The van der Waals surface area contributed by atoms with E-state index in [1.165, 1.54) is 7.11 Å². The minimum atomic E-state index is -1.09. The zero-order chi connectivity index (χ0) is 27.7. The Bertz CT molecular complexity index is 992. The SMILES string of the molecule is CO[C@H]1[C@H](O)[C@H](O[C@H]2CC[C@@]3(CO)[C@H](CC[C@@H]4[C@@H]3CC[C@]3(C)[C@@H](C5=CC(=O)OC5)CC[C@]43O)C2)O[C@@H](C)[C@@H]1O.[HH]. The van der Waals surface area contributed by atoms with E-state index in [0.717, 1.165) is 63.4 Å². The summed E-state index contributed by atoms with van der Waals surface area (Å²) in [4.78, 5) is 11.8. The molecular formula is C30H48O9. The van der Waals surface area contributed by atoms with Gasteiger partial charge in [-0.1, -0.05) is 6.92 Å². The molecule has 2 heterocycles. The Labute approximate surface area is 232 Å². The second kappa shape index (κ2) is 10.0. The van der Waals surface area contributed by atoms with Gasteiger partial charge in [-0.05, 0) is 99.4 Å². The van der Waals surface area contributed by atoms with Crippen LogP contribution >= 0.6 is 0 Å².